The van der Waals surface area contributed by atoms with E-state index < -0.39 is 0 Å². The minimum absolute atomic E-state index is 0.505. The molecule has 0 unspecified atom stereocenters. The number of alkyl halides is 1. The Labute approximate surface area is 116 Å². The van der Waals surface area contributed by atoms with Crippen molar-refractivity contribution in [2.45, 2.75) is 53.4 Å². The van der Waals surface area contributed by atoms with Gasteiger partial charge < -0.3 is 4.90 Å². The molecule has 2 heteroatoms. The fourth-order valence-corrected chi connectivity index (χ4v) is 3.93. The van der Waals surface area contributed by atoms with Gasteiger partial charge in [0, 0.05) is 11.9 Å². The van der Waals surface area contributed by atoms with Crippen molar-refractivity contribution < 1.29 is 0 Å². The van der Waals surface area contributed by atoms with Gasteiger partial charge in [-0.2, -0.15) is 0 Å². The standard InChI is InChI=1S/C15H30BrN/c1-5-15(6-2,11-16)12-17-9-7-14(8-10-17)13(3)4/h13-14H,5-12H2,1-4H3. The van der Waals surface area contributed by atoms with Crippen LogP contribution in [-0.2, 0) is 0 Å². The van der Waals surface area contributed by atoms with Crippen molar-refractivity contribution in [3.8, 4) is 0 Å². The zero-order valence-corrected chi connectivity index (χ0v) is 13.7. The summed E-state index contributed by atoms with van der Waals surface area (Å²) in [6, 6.07) is 0. The van der Waals surface area contributed by atoms with Crippen molar-refractivity contribution in [1.82, 2.24) is 4.90 Å². The maximum atomic E-state index is 3.73. The molecule has 1 rings (SSSR count). The molecule has 1 heterocycles. The van der Waals surface area contributed by atoms with Gasteiger partial charge in [0.05, 0.1) is 0 Å². The second-order valence-corrected chi connectivity index (χ2v) is 6.76. The summed E-state index contributed by atoms with van der Waals surface area (Å²) in [7, 11) is 0. The van der Waals surface area contributed by atoms with Gasteiger partial charge >= 0.3 is 0 Å². The third-order valence-electron chi connectivity index (χ3n) is 4.92. The molecule has 0 bridgehead atoms. The first-order valence-electron chi connectivity index (χ1n) is 7.35. The molecule has 0 aliphatic carbocycles. The molecule has 0 spiro atoms. The lowest BCUT2D eigenvalue weighted by molar-refractivity contribution is 0.104. The summed E-state index contributed by atoms with van der Waals surface area (Å²) in [6.45, 7) is 13.4. The van der Waals surface area contributed by atoms with Crippen molar-refractivity contribution in [3.05, 3.63) is 0 Å². The van der Waals surface area contributed by atoms with Gasteiger partial charge in [0.2, 0.25) is 0 Å². The molecule has 1 aliphatic heterocycles. The summed E-state index contributed by atoms with van der Waals surface area (Å²) < 4.78 is 0. The van der Waals surface area contributed by atoms with Crippen LogP contribution in [0.2, 0.25) is 0 Å². The zero-order valence-electron chi connectivity index (χ0n) is 12.1. The molecule has 0 N–H and O–H groups in total. The van der Waals surface area contributed by atoms with Crippen molar-refractivity contribution >= 4 is 15.9 Å². The Kier molecular flexibility index (Phi) is 6.50. The van der Waals surface area contributed by atoms with Gasteiger partial charge in [-0.15, -0.1) is 0 Å². The fraction of sp³-hybridized carbons (Fsp3) is 1.00. The van der Waals surface area contributed by atoms with Gasteiger partial charge in [0.25, 0.3) is 0 Å². The second kappa shape index (κ2) is 7.13. The molecule has 0 atom stereocenters. The van der Waals surface area contributed by atoms with Crippen molar-refractivity contribution in [2.75, 3.05) is 25.0 Å². The molecule has 102 valence electrons. The monoisotopic (exact) mass is 303 g/mol. The highest BCUT2D eigenvalue weighted by Crippen LogP contribution is 2.32. The van der Waals surface area contributed by atoms with Crippen LogP contribution in [0.5, 0.6) is 0 Å². The van der Waals surface area contributed by atoms with E-state index in [9.17, 15) is 0 Å². The van der Waals surface area contributed by atoms with Gasteiger partial charge in [-0.25, -0.2) is 0 Å². The molecule has 0 aromatic rings. The van der Waals surface area contributed by atoms with Crippen molar-refractivity contribution in [2.24, 2.45) is 17.3 Å². The predicted molar refractivity (Wildman–Crippen MR) is 80.8 cm³/mol. The Morgan fingerprint density at radius 2 is 1.71 bits per heavy atom. The number of likely N-dealkylation sites (tertiary alicyclic amines) is 1. The first-order valence-corrected chi connectivity index (χ1v) is 8.47. The zero-order chi connectivity index (χ0) is 12.9. The fourth-order valence-electron chi connectivity index (χ4n) is 2.96. The molecule has 1 fully saturated rings. The molecule has 17 heavy (non-hydrogen) atoms. The summed E-state index contributed by atoms with van der Waals surface area (Å²) in [5.41, 5.74) is 0.505. The largest absolute Gasteiger partial charge is 0.303 e. The van der Waals surface area contributed by atoms with Gasteiger partial charge in [0.15, 0.2) is 0 Å². The second-order valence-electron chi connectivity index (χ2n) is 6.20. The molecule has 1 nitrogen and oxygen atoms in total. The first kappa shape index (κ1) is 15.5. The lowest BCUT2D eigenvalue weighted by Crippen LogP contribution is -2.43. The van der Waals surface area contributed by atoms with Crippen LogP contribution in [0.3, 0.4) is 0 Å². The molecule has 1 saturated heterocycles. The number of piperidine rings is 1. The molecule has 0 saturated carbocycles. The SMILES string of the molecule is CCC(CC)(CBr)CN1CCC(C(C)C)CC1. The third-order valence-corrected chi connectivity index (χ3v) is 6.11. The van der Waals surface area contributed by atoms with E-state index >= 15 is 0 Å². The number of rotatable bonds is 6. The Bertz CT molecular complexity index is 195. The molecule has 0 aromatic carbocycles. The van der Waals surface area contributed by atoms with E-state index in [1.165, 1.54) is 45.3 Å². The lowest BCUT2D eigenvalue weighted by atomic mass is 9.82. The van der Waals surface area contributed by atoms with Gasteiger partial charge in [0.1, 0.15) is 0 Å². The molecule has 0 radical (unpaired) electrons. The Balaban J connectivity index is 2.44. The quantitative estimate of drug-likeness (QED) is 0.650. The van der Waals surface area contributed by atoms with E-state index in [0.29, 0.717) is 5.41 Å². The average molecular weight is 304 g/mol. The maximum absolute atomic E-state index is 3.73. The van der Waals surface area contributed by atoms with Gasteiger partial charge in [-0.1, -0.05) is 43.6 Å². The highest BCUT2D eigenvalue weighted by atomic mass is 79.9. The van der Waals surface area contributed by atoms with Crippen LogP contribution in [0.1, 0.15) is 53.4 Å². The number of halogens is 1. The molecular formula is C15H30BrN. The third kappa shape index (κ3) is 4.24. The van der Waals surface area contributed by atoms with Gasteiger partial charge in [-0.3, -0.25) is 0 Å². The van der Waals surface area contributed by atoms with E-state index in [4.69, 9.17) is 0 Å². The van der Waals surface area contributed by atoms with Crippen molar-refractivity contribution in [3.63, 3.8) is 0 Å². The molecule has 0 amide bonds. The van der Waals surface area contributed by atoms with Crippen LogP contribution < -0.4 is 0 Å². The highest BCUT2D eigenvalue weighted by Gasteiger charge is 2.30. The van der Waals surface area contributed by atoms with Crippen LogP contribution >= 0.6 is 15.9 Å². The van der Waals surface area contributed by atoms with E-state index in [1.807, 2.05) is 0 Å². The van der Waals surface area contributed by atoms with Crippen LogP contribution in [0.25, 0.3) is 0 Å². The summed E-state index contributed by atoms with van der Waals surface area (Å²) in [6.07, 6.45) is 5.39. The topological polar surface area (TPSA) is 3.24 Å². The maximum Gasteiger partial charge on any atom is 0.01000 e. The Morgan fingerprint density at radius 3 is 2.06 bits per heavy atom. The van der Waals surface area contributed by atoms with E-state index in [1.54, 1.807) is 0 Å². The van der Waals surface area contributed by atoms with Crippen molar-refractivity contribution in [1.29, 1.82) is 0 Å². The first-order chi connectivity index (χ1) is 8.06. The summed E-state index contributed by atoms with van der Waals surface area (Å²) in [5.74, 6) is 1.84. The lowest BCUT2D eigenvalue weighted by Gasteiger charge is -2.40. The molecule has 1 aliphatic rings. The molecule has 0 aromatic heterocycles. The number of nitrogens with zero attached hydrogens (tertiary/aromatic N) is 1. The Hall–Kier alpha value is 0.440. The average Bonchev–Trinajstić information content (AvgIpc) is 2.37. The summed E-state index contributed by atoms with van der Waals surface area (Å²) in [4.78, 5) is 2.70. The van der Waals surface area contributed by atoms with Gasteiger partial charge in [-0.05, 0) is 56.0 Å². The minimum atomic E-state index is 0.505. The van der Waals surface area contributed by atoms with Crippen LogP contribution in [-0.4, -0.2) is 29.9 Å². The number of hydrogen-bond donors (Lipinski definition) is 0. The predicted octanol–water partition coefficient (Wildman–Crippen LogP) is 4.56. The highest BCUT2D eigenvalue weighted by molar-refractivity contribution is 9.09. The summed E-state index contributed by atoms with van der Waals surface area (Å²) in [5, 5.41) is 1.15. The smallest absolute Gasteiger partial charge is 0.01000 e. The van der Waals surface area contributed by atoms with E-state index in [0.717, 1.165) is 17.2 Å². The molecular weight excluding hydrogens is 274 g/mol. The van der Waals surface area contributed by atoms with E-state index in [-0.39, 0.29) is 0 Å². The van der Waals surface area contributed by atoms with Crippen LogP contribution in [0, 0.1) is 17.3 Å². The Morgan fingerprint density at radius 1 is 1.18 bits per heavy atom. The summed E-state index contributed by atoms with van der Waals surface area (Å²) >= 11 is 3.73. The van der Waals surface area contributed by atoms with Crippen LogP contribution in [0.4, 0.5) is 0 Å². The number of hydrogen-bond acceptors (Lipinski definition) is 1. The minimum Gasteiger partial charge on any atom is -0.303 e. The normalized spacial score (nSPS) is 20.1. The van der Waals surface area contributed by atoms with Crippen LogP contribution in [0.15, 0.2) is 0 Å². The van der Waals surface area contributed by atoms with E-state index in [2.05, 4.69) is 48.5 Å².